The molecule has 0 amide bonds. The summed E-state index contributed by atoms with van der Waals surface area (Å²) in [5, 5.41) is 7.26. The van der Waals surface area contributed by atoms with Crippen LogP contribution in [0.1, 0.15) is 0 Å². The van der Waals surface area contributed by atoms with Crippen LogP contribution in [0, 0.1) is 0 Å². The van der Waals surface area contributed by atoms with Gasteiger partial charge in [0, 0.05) is 64.6 Å². The molecular formula is C52H32N4S. The molecule has 0 radical (unpaired) electrons. The minimum absolute atomic E-state index is 0.708. The van der Waals surface area contributed by atoms with Gasteiger partial charge < -0.3 is 4.57 Å². The van der Waals surface area contributed by atoms with E-state index in [1.54, 1.807) is 11.3 Å². The maximum absolute atomic E-state index is 5.51. The lowest BCUT2D eigenvalue weighted by molar-refractivity contribution is 1.05. The summed E-state index contributed by atoms with van der Waals surface area (Å²) >= 11 is 1.81. The molecule has 0 unspecified atom stereocenters. The number of aromatic nitrogens is 4. The quantitative estimate of drug-likeness (QED) is 0.176. The lowest BCUT2D eigenvalue weighted by Crippen LogP contribution is -2.02. The van der Waals surface area contributed by atoms with Crippen molar-refractivity contribution in [3.63, 3.8) is 0 Å². The van der Waals surface area contributed by atoms with Gasteiger partial charge in [-0.25, -0.2) is 9.97 Å². The summed E-state index contributed by atoms with van der Waals surface area (Å²) in [6.45, 7) is 0. The third kappa shape index (κ3) is 4.99. The minimum atomic E-state index is 0.708. The molecule has 0 fully saturated rings. The molecule has 266 valence electrons. The van der Waals surface area contributed by atoms with Gasteiger partial charge in [0.05, 0.1) is 27.8 Å². The third-order valence-corrected chi connectivity index (χ3v) is 12.6. The van der Waals surface area contributed by atoms with E-state index >= 15 is 0 Å². The summed E-state index contributed by atoms with van der Waals surface area (Å²) in [6, 6.07) is 69.5. The van der Waals surface area contributed by atoms with Crippen LogP contribution in [0.5, 0.6) is 0 Å². The van der Waals surface area contributed by atoms with Gasteiger partial charge >= 0.3 is 0 Å². The first-order valence-corrected chi connectivity index (χ1v) is 20.1. The normalized spacial score (nSPS) is 11.9. The molecule has 0 aliphatic carbocycles. The number of rotatable bonds is 5. The smallest absolute Gasteiger partial charge is 0.163 e. The average molecular weight is 745 g/mol. The Hall–Kier alpha value is -7.34. The van der Waals surface area contributed by atoms with Gasteiger partial charge in [-0.3, -0.25) is 4.57 Å². The Morgan fingerprint density at radius 1 is 0.368 bits per heavy atom. The van der Waals surface area contributed by atoms with Crippen molar-refractivity contribution in [3.05, 3.63) is 194 Å². The molecular weight excluding hydrogens is 713 g/mol. The number of nitrogens with zero attached hydrogens (tertiary/aromatic N) is 4. The fraction of sp³-hybridized carbons (Fsp3) is 0. The number of hydrogen-bond acceptors (Lipinski definition) is 3. The third-order valence-electron chi connectivity index (χ3n) is 11.4. The van der Waals surface area contributed by atoms with Gasteiger partial charge in [0.15, 0.2) is 5.82 Å². The Morgan fingerprint density at radius 3 is 1.67 bits per heavy atom. The van der Waals surface area contributed by atoms with Crippen LogP contribution >= 0.6 is 11.3 Å². The topological polar surface area (TPSA) is 35.6 Å². The molecule has 0 saturated carbocycles. The van der Waals surface area contributed by atoms with Gasteiger partial charge in [-0.2, -0.15) is 0 Å². The maximum atomic E-state index is 5.51. The van der Waals surface area contributed by atoms with Gasteiger partial charge in [-0.15, -0.1) is 11.3 Å². The van der Waals surface area contributed by atoms with Crippen molar-refractivity contribution in [2.75, 3.05) is 0 Å². The maximum Gasteiger partial charge on any atom is 0.163 e. The molecule has 12 aromatic rings. The fourth-order valence-electron chi connectivity index (χ4n) is 8.74. The predicted molar refractivity (Wildman–Crippen MR) is 240 cm³/mol. The van der Waals surface area contributed by atoms with Crippen molar-refractivity contribution in [2.24, 2.45) is 0 Å². The average Bonchev–Trinajstić information content (AvgIpc) is 3.93. The minimum Gasteiger partial charge on any atom is -0.309 e. The molecule has 0 spiro atoms. The summed E-state index contributed by atoms with van der Waals surface area (Å²) in [5.74, 6) is 1.54. The summed E-state index contributed by atoms with van der Waals surface area (Å²) in [7, 11) is 0. The predicted octanol–water partition coefficient (Wildman–Crippen LogP) is 14.0. The summed E-state index contributed by atoms with van der Waals surface area (Å²) < 4.78 is 7.19. The zero-order chi connectivity index (χ0) is 37.5. The number of para-hydroxylation sites is 3. The molecule has 4 heterocycles. The zero-order valence-electron chi connectivity index (χ0n) is 30.7. The van der Waals surface area contributed by atoms with Crippen LogP contribution in [0.15, 0.2) is 194 Å². The SMILES string of the molecule is c1ccc(-c2ccc(-c3cc(-n4c5ccccc5c5cc6c(cc54)c4ccccc4n6-c4ccccc4)nc(-c4cccc5c4sc4ccccc45)n3)cc2)cc1. The highest BCUT2D eigenvalue weighted by molar-refractivity contribution is 7.26. The zero-order valence-corrected chi connectivity index (χ0v) is 31.5. The Labute approximate surface area is 332 Å². The molecule has 0 N–H and O–H groups in total. The van der Waals surface area contributed by atoms with E-state index in [0.717, 1.165) is 39.4 Å². The standard InChI is InChI=1S/C52H32N4S/c1-3-14-33(15-4-1)34-26-28-35(29-27-34)44-32-50(54-52(53-44)41-22-13-21-40-39-20-9-12-25-49(39)57-51(40)41)56-46-24-11-8-19-38(46)43-30-47-42(31-48(43)56)37-18-7-10-23-45(37)55(47)36-16-5-2-6-17-36/h1-32H. The van der Waals surface area contributed by atoms with Gasteiger partial charge in [-0.1, -0.05) is 140 Å². The van der Waals surface area contributed by atoms with Crippen LogP contribution in [0.4, 0.5) is 0 Å². The van der Waals surface area contributed by atoms with Crippen molar-refractivity contribution in [3.8, 4) is 45.3 Å². The van der Waals surface area contributed by atoms with Gasteiger partial charge in [0.2, 0.25) is 0 Å². The van der Waals surface area contributed by atoms with Gasteiger partial charge in [-0.05, 0) is 59.7 Å². The number of hydrogen-bond donors (Lipinski definition) is 0. The van der Waals surface area contributed by atoms with E-state index in [9.17, 15) is 0 Å². The highest BCUT2D eigenvalue weighted by Crippen LogP contribution is 2.42. The second-order valence-corrected chi connectivity index (χ2v) is 15.6. The first kappa shape index (κ1) is 32.0. The molecule has 0 aliphatic heterocycles. The molecule has 12 rings (SSSR count). The van der Waals surface area contributed by atoms with Crippen LogP contribution in [-0.2, 0) is 0 Å². The lowest BCUT2D eigenvalue weighted by atomic mass is 10.0. The lowest BCUT2D eigenvalue weighted by Gasteiger charge is -2.13. The fourth-order valence-corrected chi connectivity index (χ4v) is 9.95. The largest absolute Gasteiger partial charge is 0.309 e. The first-order valence-electron chi connectivity index (χ1n) is 19.2. The molecule has 0 bridgehead atoms. The second kappa shape index (κ2) is 12.6. The highest BCUT2D eigenvalue weighted by atomic mass is 32.1. The molecule has 0 atom stereocenters. The van der Waals surface area contributed by atoms with Crippen LogP contribution in [0.25, 0.3) is 109 Å². The second-order valence-electron chi connectivity index (χ2n) is 14.6. The van der Waals surface area contributed by atoms with E-state index in [4.69, 9.17) is 9.97 Å². The van der Waals surface area contributed by atoms with Gasteiger partial charge in [0.1, 0.15) is 5.82 Å². The van der Waals surface area contributed by atoms with Crippen molar-refractivity contribution in [2.45, 2.75) is 0 Å². The molecule has 4 nitrogen and oxygen atoms in total. The van der Waals surface area contributed by atoms with Crippen LogP contribution in [-0.4, -0.2) is 19.1 Å². The van der Waals surface area contributed by atoms with E-state index in [-0.39, 0.29) is 0 Å². The van der Waals surface area contributed by atoms with Gasteiger partial charge in [0.25, 0.3) is 0 Å². The summed E-state index contributed by atoms with van der Waals surface area (Å²) in [4.78, 5) is 10.9. The van der Waals surface area contributed by atoms with Crippen LogP contribution in [0.2, 0.25) is 0 Å². The van der Waals surface area contributed by atoms with E-state index in [0.29, 0.717) is 5.82 Å². The molecule has 0 aliphatic rings. The highest BCUT2D eigenvalue weighted by Gasteiger charge is 2.21. The van der Waals surface area contributed by atoms with Crippen molar-refractivity contribution in [1.29, 1.82) is 0 Å². The van der Waals surface area contributed by atoms with Crippen LogP contribution in [0.3, 0.4) is 0 Å². The van der Waals surface area contributed by atoms with Crippen molar-refractivity contribution in [1.82, 2.24) is 19.1 Å². The number of benzene rings is 8. The molecule has 4 aromatic heterocycles. The van der Waals surface area contributed by atoms with E-state index < -0.39 is 0 Å². The summed E-state index contributed by atoms with van der Waals surface area (Å²) in [5.41, 5.74) is 11.0. The number of fused-ring (bicyclic) bond motifs is 9. The Balaban J connectivity index is 1.15. The monoisotopic (exact) mass is 744 g/mol. The summed E-state index contributed by atoms with van der Waals surface area (Å²) in [6.07, 6.45) is 0. The van der Waals surface area contributed by atoms with E-state index in [1.807, 2.05) is 0 Å². The number of thiophene rings is 1. The molecule has 0 saturated heterocycles. The van der Waals surface area contributed by atoms with Crippen molar-refractivity contribution >= 4 is 75.1 Å². The molecule has 8 aromatic carbocycles. The van der Waals surface area contributed by atoms with E-state index in [1.165, 1.54) is 63.9 Å². The molecule has 5 heteroatoms. The Morgan fingerprint density at radius 2 is 0.930 bits per heavy atom. The van der Waals surface area contributed by atoms with Crippen LogP contribution < -0.4 is 0 Å². The van der Waals surface area contributed by atoms with Crippen molar-refractivity contribution < 1.29 is 0 Å². The molecule has 57 heavy (non-hydrogen) atoms. The Kier molecular flexibility index (Phi) is 7.06. The van der Waals surface area contributed by atoms with E-state index in [2.05, 4.69) is 203 Å². The first-order chi connectivity index (χ1) is 28.3. The Bertz CT molecular complexity index is 3500.